The van der Waals surface area contributed by atoms with Crippen LogP contribution in [0, 0.1) is 5.92 Å². The van der Waals surface area contributed by atoms with Gasteiger partial charge in [0.25, 0.3) is 5.91 Å². The Balaban J connectivity index is 1.44. The molecule has 0 bridgehead atoms. The van der Waals surface area contributed by atoms with Crippen molar-refractivity contribution in [2.45, 2.75) is 19.4 Å². The Hall–Kier alpha value is -2.98. The number of nitrogens with one attached hydrogen (secondary N) is 2. The summed E-state index contributed by atoms with van der Waals surface area (Å²) in [6, 6.07) is 0. The van der Waals surface area contributed by atoms with Gasteiger partial charge in [0.2, 0.25) is 11.9 Å². The molecule has 0 aromatic carbocycles. The Kier molecular flexibility index (Phi) is 4.68. The summed E-state index contributed by atoms with van der Waals surface area (Å²) in [7, 11) is 0. The summed E-state index contributed by atoms with van der Waals surface area (Å²) in [5.74, 6) is 0.339. The van der Waals surface area contributed by atoms with E-state index in [1.165, 1.54) is 17.2 Å². The number of carbonyl (C=O) groups excluding carboxylic acids is 2. The lowest BCUT2D eigenvalue weighted by Crippen LogP contribution is -2.39. The van der Waals surface area contributed by atoms with Gasteiger partial charge in [0, 0.05) is 19.6 Å². The predicted octanol–water partition coefficient (Wildman–Crippen LogP) is -1.47. The topological polar surface area (TPSA) is 148 Å². The molecule has 4 N–H and O–H groups in total. The molecule has 11 heteroatoms. The van der Waals surface area contributed by atoms with E-state index in [2.05, 4.69) is 35.7 Å². The Morgan fingerprint density at radius 2 is 2.17 bits per heavy atom. The maximum absolute atomic E-state index is 12.1. The van der Waals surface area contributed by atoms with E-state index in [0.29, 0.717) is 12.5 Å². The third-order valence-electron chi connectivity index (χ3n) is 3.96. The van der Waals surface area contributed by atoms with E-state index in [1.54, 1.807) is 0 Å². The molecule has 1 aliphatic heterocycles. The molecule has 3 heterocycles. The van der Waals surface area contributed by atoms with Crippen molar-refractivity contribution in [3.63, 3.8) is 0 Å². The maximum Gasteiger partial charge on any atom is 0.273 e. The first-order valence-corrected chi connectivity index (χ1v) is 7.69. The SMILES string of the molecule is NC(=O)Cn1cc(C(=O)NCC2CCN(c3ncn[nH]3)CC2)nn1. The normalized spacial score (nSPS) is 15.4. The van der Waals surface area contributed by atoms with Crippen molar-refractivity contribution in [1.82, 2.24) is 35.5 Å². The first-order valence-electron chi connectivity index (χ1n) is 7.69. The van der Waals surface area contributed by atoms with Crippen LogP contribution in [0.4, 0.5) is 5.95 Å². The van der Waals surface area contributed by atoms with Gasteiger partial charge in [-0.3, -0.25) is 9.59 Å². The molecule has 0 radical (unpaired) electrons. The van der Waals surface area contributed by atoms with Crippen LogP contribution in [0.3, 0.4) is 0 Å². The Morgan fingerprint density at radius 1 is 1.38 bits per heavy atom. The Bertz CT molecular complexity index is 688. The molecule has 24 heavy (non-hydrogen) atoms. The Morgan fingerprint density at radius 3 is 2.83 bits per heavy atom. The molecule has 1 fully saturated rings. The predicted molar refractivity (Wildman–Crippen MR) is 82.9 cm³/mol. The van der Waals surface area contributed by atoms with Gasteiger partial charge in [0.1, 0.15) is 12.9 Å². The number of primary amides is 1. The highest BCUT2D eigenvalue weighted by Crippen LogP contribution is 2.19. The number of anilines is 1. The third kappa shape index (κ3) is 3.86. The molecule has 3 rings (SSSR count). The highest BCUT2D eigenvalue weighted by molar-refractivity contribution is 5.91. The summed E-state index contributed by atoms with van der Waals surface area (Å²) in [6.45, 7) is 2.21. The van der Waals surface area contributed by atoms with Gasteiger partial charge in [-0.25, -0.2) is 9.78 Å². The molecule has 0 unspecified atom stereocenters. The van der Waals surface area contributed by atoms with Crippen LogP contribution in [-0.4, -0.2) is 61.6 Å². The van der Waals surface area contributed by atoms with Gasteiger partial charge in [-0.2, -0.15) is 10.1 Å². The molecule has 0 aliphatic carbocycles. The fourth-order valence-electron chi connectivity index (χ4n) is 2.67. The number of aromatic nitrogens is 6. The largest absolute Gasteiger partial charge is 0.368 e. The smallest absolute Gasteiger partial charge is 0.273 e. The van der Waals surface area contributed by atoms with Crippen molar-refractivity contribution in [2.24, 2.45) is 11.7 Å². The summed E-state index contributed by atoms with van der Waals surface area (Å²) in [6.07, 6.45) is 4.81. The van der Waals surface area contributed by atoms with Crippen LogP contribution in [0.5, 0.6) is 0 Å². The van der Waals surface area contributed by atoms with Crippen LogP contribution in [0.1, 0.15) is 23.3 Å². The number of nitrogens with two attached hydrogens (primary N) is 1. The lowest BCUT2D eigenvalue weighted by atomic mass is 9.97. The van der Waals surface area contributed by atoms with Gasteiger partial charge in [0.15, 0.2) is 5.69 Å². The van der Waals surface area contributed by atoms with Crippen molar-refractivity contribution in [3.05, 3.63) is 18.2 Å². The van der Waals surface area contributed by atoms with Gasteiger partial charge in [0.05, 0.1) is 6.20 Å². The molecule has 2 amide bonds. The standard InChI is InChI=1S/C13H19N9O2/c14-11(23)7-22-6-10(18-20-22)12(24)15-5-9-1-3-21(4-2-9)13-16-8-17-19-13/h6,8-9H,1-5,7H2,(H2,14,23)(H,15,24)(H,16,17,19). The van der Waals surface area contributed by atoms with E-state index >= 15 is 0 Å². The summed E-state index contributed by atoms with van der Waals surface area (Å²) < 4.78 is 1.24. The molecular formula is C13H19N9O2. The summed E-state index contributed by atoms with van der Waals surface area (Å²) >= 11 is 0. The fraction of sp³-hybridized carbons (Fsp3) is 0.538. The minimum atomic E-state index is -0.537. The van der Waals surface area contributed by atoms with Gasteiger partial charge >= 0.3 is 0 Å². The second kappa shape index (κ2) is 7.06. The maximum atomic E-state index is 12.1. The average molecular weight is 333 g/mol. The summed E-state index contributed by atoms with van der Waals surface area (Å²) in [5.41, 5.74) is 5.25. The monoisotopic (exact) mass is 333 g/mol. The van der Waals surface area contributed by atoms with Crippen molar-refractivity contribution >= 4 is 17.8 Å². The molecule has 0 spiro atoms. The lowest BCUT2D eigenvalue weighted by molar-refractivity contribution is -0.118. The van der Waals surface area contributed by atoms with E-state index in [1.807, 2.05) is 0 Å². The molecule has 2 aromatic heterocycles. The molecule has 128 valence electrons. The molecule has 1 aliphatic rings. The van der Waals surface area contributed by atoms with E-state index in [9.17, 15) is 9.59 Å². The minimum Gasteiger partial charge on any atom is -0.368 e. The Labute approximate surface area is 137 Å². The van der Waals surface area contributed by atoms with Crippen molar-refractivity contribution < 1.29 is 9.59 Å². The first kappa shape index (κ1) is 15.9. The number of aromatic amines is 1. The van der Waals surface area contributed by atoms with Crippen molar-refractivity contribution in [3.8, 4) is 0 Å². The highest BCUT2D eigenvalue weighted by atomic mass is 16.2. The van der Waals surface area contributed by atoms with Gasteiger partial charge < -0.3 is 16.0 Å². The van der Waals surface area contributed by atoms with E-state index in [0.717, 1.165) is 31.9 Å². The summed E-state index contributed by atoms with van der Waals surface area (Å²) in [5, 5.41) is 17.0. The van der Waals surface area contributed by atoms with Crippen LogP contribution >= 0.6 is 0 Å². The van der Waals surface area contributed by atoms with Crippen LogP contribution < -0.4 is 16.0 Å². The second-order valence-electron chi connectivity index (χ2n) is 5.72. The highest BCUT2D eigenvalue weighted by Gasteiger charge is 2.22. The number of H-pyrrole nitrogens is 1. The molecule has 2 aromatic rings. The molecule has 11 nitrogen and oxygen atoms in total. The molecular weight excluding hydrogens is 314 g/mol. The van der Waals surface area contributed by atoms with Crippen molar-refractivity contribution in [2.75, 3.05) is 24.5 Å². The van der Waals surface area contributed by atoms with Gasteiger partial charge in [-0.05, 0) is 18.8 Å². The number of rotatable bonds is 6. The minimum absolute atomic E-state index is 0.0968. The number of hydrogen-bond donors (Lipinski definition) is 3. The van der Waals surface area contributed by atoms with E-state index < -0.39 is 5.91 Å². The molecule has 0 atom stereocenters. The van der Waals surface area contributed by atoms with Crippen LogP contribution in [0.15, 0.2) is 12.5 Å². The van der Waals surface area contributed by atoms with E-state index in [-0.39, 0.29) is 18.1 Å². The number of nitrogens with zero attached hydrogens (tertiary/aromatic N) is 6. The van der Waals surface area contributed by atoms with Crippen LogP contribution in [0.2, 0.25) is 0 Å². The van der Waals surface area contributed by atoms with Crippen LogP contribution in [-0.2, 0) is 11.3 Å². The van der Waals surface area contributed by atoms with E-state index in [4.69, 9.17) is 5.73 Å². The zero-order valence-corrected chi connectivity index (χ0v) is 13.1. The molecule has 1 saturated heterocycles. The van der Waals surface area contributed by atoms with Gasteiger partial charge in [-0.15, -0.1) is 5.10 Å². The van der Waals surface area contributed by atoms with Crippen molar-refractivity contribution in [1.29, 1.82) is 0 Å². The van der Waals surface area contributed by atoms with Gasteiger partial charge in [-0.1, -0.05) is 5.21 Å². The lowest BCUT2D eigenvalue weighted by Gasteiger charge is -2.31. The second-order valence-corrected chi connectivity index (χ2v) is 5.72. The fourth-order valence-corrected chi connectivity index (χ4v) is 2.67. The average Bonchev–Trinajstić information content (AvgIpc) is 3.24. The zero-order chi connectivity index (χ0) is 16.9. The first-order chi connectivity index (χ1) is 11.6. The number of carbonyl (C=O) groups is 2. The zero-order valence-electron chi connectivity index (χ0n) is 13.1. The number of amides is 2. The third-order valence-corrected chi connectivity index (χ3v) is 3.96. The number of hydrogen-bond acceptors (Lipinski definition) is 7. The summed E-state index contributed by atoms with van der Waals surface area (Å²) in [4.78, 5) is 29.2. The number of piperidine rings is 1. The quantitative estimate of drug-likeness (QED) is 0.584. The van der Waals surface area contributed by atoms with Crippen LogP contribution in [0.25, 0.3) is 0 Å². The molecule has 0 saturated carbocycles.